The Morgan fingerprint density at radius 1 is 1.31 bits per heavy atom. The molecule has 0 aliphatic carbocycles. The van der Waals surface area contributed by atoms with Crippen molar-refractivity contribution in [3.63, 3.8) is 0 Å². The molecular formula is C21H28N8O2S. The van der Waals surface area contributed by atoms with Crippen LogP contribution in [0.3, 0.4) is 0 Å². The Morgan fingerprint density at radius 3 is 2.84 bits per heavy atom. The van der Waals surface area contributed by atoms with Crippen LogP contribution in [0.15, 0.2) is 6.33 Å². The van der Waals surface area contributed by atoms with Crippen LogP contribution in [0.4, 0.5) is 17.6 Å². The highest BCUT2D eigenvalue weighted by atomic mass is 32.1. The van der Waals surface area contributed by atoms with Gasteiger partial charge in [-0.2, -0.15) is 9.97 Å². The fraction of sp³-hybridized carbons (Fsp3) is 0.476. The van der Waals surface area contributed by atoms with E-state index < -0.39 is 5.60 Å². The van der Waals surface area contributed by atoms with Crippen molar-refractivity contribution < 1.29 is 9.53 Å². The normalized spacial score (nSPS) is 17.2. The predicted molar refractivity (Wildman–Crippen MR) is 126 cm³/mol. The van der Waals surface area contributed by atoms with Gasteiger partial charge in [0.2, 0.25) is 17.7 Å². The number of rotatable bonds is 7. The summed E-state index contributed by atoms with van der Waals surface area (Å²) in [5.74, 6) is 1.60. The van der Waals surface area contributed by atoms with Gasteiger partial charge >= 0.3 is 0 Å². The van der Waals surface area contributed by atoms with E-state index in [1.165, 1.54) is 10.4 Å². The Labute approximate surface area is 190 Å². The first-order valence-corrected chi connectivity index (χ1v) is 11.4. The quantitative estimate of drug-likeness (QED) is 0.487. The van der Waals surface area contributed by atoms with Crippen molar-refractivity contribution in [2.75, 3.05) is 36.4 Å². The topological polar surface area (TPSA) is 145 Å². The smallest absolute Gasteiger partial charge is 0.225 e. The number of hydrogen-bond donors (Lipinski definition) is 3. The Balaban J connectivity index is 1.39. The first-order chi connectivity index (χ1) is 15.2. The molecule has 3 aromatic heterocycles. The monoisotopic (exact) mass is 456 g/mol. The summed E-state index contributed by atoms with van der Waals surface area (Å²) in [6.07, 6.45) is 2.41. The molecule has 0 radical (unpaired) electrons. The van der Waals surface area contributed by atoms with Gasteiger partial charge < -0.3 is 26.4 Å². The summed E-state index contributed by atoms with van der Waals surface area (Å²) in [5, 5.41) is 4.34. The second-order valence-electron chi connectivity index (χ2n) is 8.25. The molecule has 0 fully saturated rings. The number of nitrogens with zero attached hydrogens (tertiary/aromatic N) is 5. The third kappa shape index (κ3) is 4.12. The highest BCUT2D eigenvalue weighted by Crippen LogP contribution is 2.37. The van der Waals surface area contributed by atoms with Crippen LogP contribution in [0.2, 0.25) is 0 Å². The Bertz CT molecular complexity index is 1180. The number of nitrogen functional groups attached to an aromatic ring is 2. The van der Waals surface area contributed by atoms with Crippen LogP contribution >= 0.6 is 11.3 Å². The van der Waals surface area contributed by atoms with Gasteiger partial charge in [-0.3, -0.25) is 4.79 Å². The molecule has 11 heteroatoms. The maximum absolute atomic E-state index is 13.0. The number of fused-ring (bicyclic) bond motifs is 2. The number of ether oxygens (including phenoxy) is 1. The number of likely N-dealkylation sites (N-methyl/N-ethyl adjacent to an activating group) is 1. The lowest BCUT2D eigenvalue weighted by Crippen LogP contribution is -2.47. The average molecular weight is 457 g/mol. The van der Waals surface area contributed by atoms with Gasteiger partial charge in [0, 0.05) is 30.8 Å². The molecule has 4 rings (SSSR count). The Morgan fingerprint density at radius 2 is 2.09 bits per heavy atom. The van der Waals surface area contributed by atoms with E-state index in [1.54, 1.807) is 22.6 Å². The van der Waals surface area contributed by atoms with E-state index in [-0.39, 0.29) is 11.9 Å². The largest absolute Gasteiger partial charge is 0.469 e. The number of anilines is 3. The van der Waals surface area contributed by atoms with Crippen LogP contribution in [0, 0.1) is 13.8 Å². The average Bonchev–Trinajstić information content (AvgIpc) is 3.22. The Hall–Kier alpha value is -3.21. The first kappa shape index (κ1) is 22.0. The summed E-state index contributed by atoms with van der Waals surface area (Å²) in [6, 6.07) is 0. The molecule has 0 saturated carbocycles. The minimum absolute atomic E-state index is 0.0304. The van der Waals surface area contributed by atoms with Crippen LogP contribution in [0.1, 0.15) is 36.3 Å². The molecule has 32 heavy (non-hydrogen) atoms. The highest BCUT2D eigenvalue weighted by molar-refractivity contribution is 7.18. The molecule has 10 nitrogen and oxygen atoms in total. The summed E-state index contributed by atoms with van der Waals surface area (Å²) >= 11 is 1.65. The van der Waals surface area contributed by atoms with Crippen molar-refractivity contribution in [3.8, 4) is 5.88 Å². The van der Waals surface area contributed by atoms with Gasteiger partial charge in [-0.25, -0.2) is 9.97 Å². The zero-order valence-electron chi connectivity index (χ0n) is 18.7. The highest BCUT2D eigenvalue weighted by Gasteiger charge is 2.40. The lowest BCUT2D eigenvalue weighted by molar-refractivity contribution is -0.133. The van der Waals surface area contributed by atoms with Crippen molar-refractivity contribution in [1.82, 2.24) is 24.8 Å². The SMILES string of the molecule is CCN(C[C@@]1(C)Cc2c(N)nc(N)nc2O1)C(=O)CCNc1ncnc2sc(C)c(C)c12. The summed E-state index contributed by atoms with van der Waals surface area (Å²) in [5.41, 5.74) is 12.9. The van der Waals surface area contributed by atoms with Gasteiger partial charge in [0.15, 0.2) is 0 Å². The van der Waals surface area contributed by atoms with Crippen molar-refractivity contribution in [1.29, 1.82) is 0 Å². The van der Waals surface area contributed by atoms with Crippen molar-refractivity contribution in [2.24, 2.45) is 0 Å². The number of nitrogens with two attached hydrogens (primary N) is 2. The maximum atomic E-state index is 13.0. The first-order valence-electron chi connectivity index (χ1n) is 10.5. The van der Waals surface area contributed by atoms with Gasteiger partial charge in [0.05, 0.1) is 17.5 Å². The summed E-state index contributed by atoms with van der Waals surface area (Å²) in [6.45, 7) is 9.49. The number of hydrogen-bond acceptors (Lipinski definition) is 10. The molecule has 0 aromatic carbocycles. The van der Waals surface area contributed by atoms with Crippen LogP contribution in [-0.4, -0.2) is 56.0 Å². The molecule has 1 amide bonds. The Kier molecular flexibility index (Phi) is 5.76. The van der Waals surface area contributed by atoms with Crippen LogP contribution < -0.4 is 21.5 Å². The number of carbonyl (C=O) groups excluding carboxylic acids is 1. The molecule has 4 heterocycles. The van der Waals surface area contributed by atoms with E-state index in [2.05, 4.69) is 39.1 Å². The van der Waals surface area contributed by atoms with Crippen molar-refractivity contribution >= 4 is 45.0 Å². The third-order valence-corrected chi connectivity index (χ3v) is 6.88. The lowest BCUT2D eigenvalue weighted by atomic mass is 9.99. The molecule has 0 bridgehead atoms. The second-order valence-corrected chi connectivity index (χ2v) is 9.45. The van der Waals surface area contributed by atoms with E-state index in [1.807, 2.05) is 13.8 Å². The van der Waals surface area contributed by atoms with E-state index in [4.69, 9.17) is 16.2 Å². The van der Waals surface area contributed by atoms with Gasteiger partial charge in [-0.15, -0.1) is 11.3 Å². The van der Waals surface area contributed by atoms with Gasteiger partial charge in [-0.05, 0) is 33.3 Å². The number of carbonyl (C=O) groups is 1. The molecule has 0 spiro atoms. The molecule has 3 aromatic rings. The molecule has 0 saturated heterocycles. The molecule has 1 atom stereocenters. The summed E-state index contributed by atoms with van der Waals surface area (Å²) < 4.78 is 6.04. The van der Waals surface area contributed by atoms with E-state index >= 15 is 0 Å². The number of aromatic nitrogens is 4. The minimum Gasteiger partial charge on any atom is -0.469 e. The van der Waals surface area contributed by atoms with Crippen LogP contribution in [0.5, 0.6) is 5.88 Å². The van der Waals surface area contributed by atoms with Gasteiger partial charge in [0.25, 0.3) is 0 Å². The van der Waals surface area contributed by atoms with Crippen molar-refractivity contribution in [2.45, 2.75) is 46.1 Å². The maximum Gasteiger partial charge on any atom is 0.225 e. The fourth-order valence-electron chi connectivity index (χ4n) is 4.02. The molecule has 5 N–H and O–H groups in total. The molecule has 1 aliphatic heterocycles. The van der Waals surface area contributed by atoms with Crippen LogP contribution in [-0.2, 0) is 11.2 Å². The van der Waals surface area contributed by atoms with Crippen LogP contribution in [0.25, 0.3) is 10.2 Å². The fourth-order valence-corrected chi connectivity index (χ4v) is 5.02. The number of thiophene rings is 1. The zero-order valence-corrected chi connectivity index (χ0v) is 19.5. The van der Waals surface area contributed by atoms with E-state index in [0.717, 1.165) is 21.6 Å². The molecular weight excluding hydrogens is 428 g/mol. The zero-order chi connectivity index (χ0) is 23.0. The predicted octanol–water partition coefficient (Wildman–Crippen LogP) is 2.31. The standard InChI is InChI=1S/C21H28N8O2S/c1-5-29(9-21(4)8-13-16(22)27-20(23)28-18(13)31-21)14(30)6-7-24-17-15-11(2)12(3)32-19(15)26-10-25-17/h10H,5-9H2,1-4H3,(H,24,25,26)(H4,22,23,27,28)/t21-/m1/s1. The summed E-state index contributed by atoms with van der Waals surface area (Å²) in [7, 11) is 0. The van der Waals surface area contributed by atoms with Crippen molar-refractivity contribution in [3.05, 3.63) is 22.3 Å². The molecule has 0 unspecified atom stereocenters. The van der Waals surface area contributed by atoms with E-state index in [9.17, 15) is 4.79 Å². The molecule has 170 valence electrons. The molecule has 1 aliphatic rings. The van der Waals surface area contributed by atoms with Gasteiger partial charge in [-0.1, -0.05) is 0 Å². The minimum atomic E-state index is -0.637. The number of amides is 1. The third-order valence-electron chi connectivity index (χ3n) is 5.77. The number of aryl methyl sites for hydroxylation is 2. The number of nitrogens with one attached hydrogen (secondary N) is 1. The summed E-state index contributed by atoms with van der Waals surface area (Å²) in [4.78, 5) is 33.8. The van der Waals surface area contributed by atoms with E-state index in [0.29, 0.717) is 44.2 Å². The second kappa shape index (κ2) is 8.38. The lowest BCUT2D eigenvalue weighted by Gasteiger charge is -2.31. The van der Waals surface area contributed by atoms with Gasteiger partial charge in [0.1, 0.15) is 28.4 Å².